The first-order chi connectivity index (χ1) is 9.32. The van der Waals surface area contributed by atoms with Gasteiger partial charge in [0.2, 0.25) is 0 Å². The first kappa shape index (κ1) is 15.1. The van der Waals surface area contributed by atoms with Crippen LogP contribution in [0.1, 0.15) is 26.4 Å². The van der Waals surface area contributed by atoms with E-state index in [0.29, 0.717) is 5.56 Å². The molecule has 2 rings (SSSR count). The van der Waals surface area contributed by atoms with Crippen molar-refractivity contribution in [2.45, 2.75) is 17.3 Å². The third-order valence-corrected chi connectivity index (χ3v) is 4.89. The number of rotatable bonds is 3. The summed E-state index contributed by atoms with van der Waals surface area (Å²) in [6.07, 6.45) is -2.60. The highest BCUT2D eigenvalue weighted by Crippen LogP contribution is 2.33. The average Bonchev–Trinajstić information content (AvgIpc) is 2.78. The predicted octanol–water partition coefficient (Wildman–Crippen LogP) is 5.03. The minimum Gasteiger partial charge on any atom is -0.289 e. The van der Waals surface area contributed by atoms with Gasteiger partial charge in [0.15, 0.2) is 5.78 Å². The van der Waals surface area contributed by atoms with Crippen molar-refractivity contribution in [1.82, 2.24) is 0 Å². The van der Waals surface area contributed by atoms with E-state index >= 15 is 0 Å². The summed E-state index contributed by atoms with van der Waals surface area (Å²) in [5, 5.41) is 0. The van der Waals surface area contributed by atoms with E-state index in [-0.39, 0.29) is 11.3 Å². The van der Waals surface area contributed by atoms with Gasteiger partial charge in [0.05, 0.1) is 9.77 Å². The van der Waals surface area contributed by atoms with Gasteiger partial charge in [-0.2, -0.15) is 13.2 Å². The lowest BCUT2D eigenvalue weighted by atomic mass is 10.0. The Kier molecular flexibility index (Phi) is 4.25. The van der Waals surface area contributed by atoms with Gasteiger partial charge >= 0.3 is 6.18 Å². The Labute approximate surface area is 122 Å². The number of thioether (sulfide) groups is 1. The quantitative estimate of drug-likeness (QED) is 0.583. The standard InChI is InChI=1S/C14H11F3OS2/c1-8-6-11(13(19-2)20-8)12(18)9-4-3-5-10(7-9)14(15,16)17/h3-7H,1-2H3. The molecule has 6 heteroatoms. The van der Waals surface area contributed by atoms with Gasteiger partial charge in [-0.15, -0.1) is 23.1 Å². The molecule has 0 unspecified atom stereocenters. The fourth-order valence-corrected chi connectivity index (χ4v) is 3.62. The van der Waals surface area contributed by atoms with Crippen molar-refractivity contribution in [3.05, 3.63) is 51.9 Å². The molecule has 0 amide bonds. The molecule has 0 aliphatic rings. The van der Waals surface area contributed by atoms with Gasteiger partial charge < -0.3 is 0 Å². The van der Waals surface area contributed by atoms with Crippen LogP contribution in [-0.2, 0) is 6.18 Å². The molecular formula is C14H11F3OS2. The molecule has 20 heavy (non-hydrogen) atoms. The molecule has 1 aromatic carbocycles. The molecule has 1 heterocycles. The van der Waals surface area contributed by atoms with Crippen LogP contribution in [0.15, 0.2) is 34.5 Å². The number of aryl methyl sites for hydroxylation is 1. The molecular weight excluding hydrogens is 305 g/mol. The van der Waals surface area contributed by atoms with Crippen molar-refractivity contribution >= 4 is 28.9 Å². The molecule has 0 radical (unpaired) electrons. The fraction of sp³-hybridized carbons (Fsp3) is 0.214. The predicted molar refractivity (Wildman–Crippen MR) is 75.7 cm³/mol. The Hall–Kier alpha value is -1.27. The van der Waals surface area contributed by atoms with E-state index in [4.69, 9.17) is 0 Å². The van der Waals surface area contributed by atoms with Crippen LogP contribution < -0.4 is 0 Å². The minimum absolute atomic E-state index is 0.0629. The summed E-state index contributed by atoms with van der Waals surface area (Å²) in [6, 6.07) is 6.26. The molecule has 1 aromatic heterocycles. The lowest BCUT2D eigenvalue weighted by Crippen LogP contribution is -2.08. The van der Waals surface area contributed by atoms with Gasteiger partial charge in [-0.25, -0.2) is 0 Å². The second-order valence-electron chi connectivity index (χ2n) is 4.17. The fourth-order valence-electron chi connectivity index (χ4n) is 1.79. The number of alkyl halides is 3. The summed E-state index contributed by atoms with van der Waals surface area (Å²) < 4.78 is 38.8. The summed E-state index contributed by atoms with van der Waals surface area (Å²) in [5.41, 5.74) is -0.270. The van der Waals surface area contributed by atoms with E-state index in [1.54, 1.807) is 6.07 Å². The highest BCUT2D eigenvalue weighted by atomic mass is 32.2. The van der Waals surface area contributed by atoms with Crippen molar-refractivity contribution in [3.8, 4) is 0 Å². The van der Waals surface area contributed by atoms with Crippen molar-refractivity contribution < 1.29 is 18.0 Å². The van der Waals surface area contributed by atoms with Gasteiger partial charge in [0, 0.05) is 16.0 Å². The van der Waals surface area contributed by atoms with E-state index < -0.39 is 11.7 Å². The summed E-state index contributed by atoms with van der Waals surface area (Å²) in [5.74, 6) is -0.371. The summed E-state index contributed by atoms with van der Waals surface area (Å²) >= 11 is 2.89. The maximum absolute atomic E-state index is 12.7. The zero-order valence-corrected chi connectivity index (χ0v) is 12.4. The molecule has 0 atom stereocenters. The van der Waals surface area contributed by atoms with Gasteiger partial charge in [0.25, 0.3) is 0 Å². The minimum atomic E-state index is -4.44. The largest absolute Gasteiger partial charge is 0.416 e. The Bertz CT molecular complexity index is 644. The lowest BCUT2D eigenvalue weighted by molar-refractivity contribution is -0.137. The van der Waals surface area contributed by atoms with E-state index in [2.05, 4.69) is 0 Å². The summed E-state index contributed by atoms with van der Waals surface area (Å²) in [4.78, 5) is 13.3. The normalized spacial score (nSPS) is 11.7. The van der Waals surface area contributed by atoms with E-state index in [1.165, 1.54) is 35.2 Å². The molecule has 106 valence electrons. The lowest BCUT2D eigenvalue weighted by Gasteiger charge is -2.08. The number of hydrogen-bond acceptors (Lipinski definition) is 3. The molecule has 0 bridgehead atoms. The summed E-state index contributed by atoms with van der Waals surface area (Å²) in [7, 11) is 0. The van der Waals surface area contributed by atoms with Crippen LogP contribution in [0.3, 0.4) is 0 Å². The second kappa shape index (κ2) is 5.61. The van der Waals surface area contributed by atoms with Crippen LogP contribution in [0.2, 0.25) is 0 Å². The monoisotopic (exact) mass is 316 g/mol. The molecule has 0 aliphatic heterocycles. The SMILES string of the molecule is CSc1sc(C)cc1C(=O)c1cccc(C(F)(F)F)c1. The van der Waals surface area contributed by atoms with Crippen molar-refractivity contribution in [2.75, 3.05) is 6.26 Å². The zero-order chi connectivity index (χ0) is 14.9. The van der Waals surface area contributed by atoms with E-state index in [1.807, 2.05) is 13.2 Å². The molecule has 0 fully saturated rings. The Balaban J connectivity index is 2.43. The van der Waals surface area contributed by atoms with Crippen molar-refractivity contribution in [1.29, 1.82) is 0 Å². The second-order valence-corrected chi connectivity index (χ2v) is 6.50. The number of carbonyl (C=O) groups is 1. The molecule has 0 spiro atoms. The molecule has 0 N–H and O–H groups in total. The van der Waals surface area contributed by atoms with Crippen LogP contribution in [0, 0.1) is 6.92 Å². The molecule has 0 aliphatic carbocycles. The number of hydrogen-bond donors (Lipinski definition) is 0. The van der Waals surface area contributed by atoms with Gasteiger partial charge in [-0.3, -0.25) is 4.79 Å². The first-order valence-corrected chi connectivity index (χ1v) is 7.73. The van der Waals surface area contributed by atoms with Crippen molar-refractivity contribution in [3.63, 3.8) is 0 Å². The topological polar surface area (TPSA) is 17.1 Å². The maximum atomic E-state index is 12.7. The molecule has 0 saturated heterocycles. The number of halogens is 3. The number of thiophene rings is 1. The highest BCUT2D eigenvalue weighted by molar-refractivity contribution is 8.00. The maximum Gasteiger partial charge on any atom is 0.416 e. The number of benzene rings is 1. The van der Waals surface area contributed by atoms with Crippen LogP contribution in [0.25, 0.3) is 0 Å². The molecule has 2 aromatic rings. The van der Waals surface area contributed by atoms with Crippen LogP contribution in [0.5, 0.6) is 0 Å². The third-order valence-electron chi connectivity index (χ3n) is 2.70. The van der Waals surface area contributed by atoms with Gasteiger partial charge in [-0.05, 0) is 31.4 Å². The van der Waals surface area contributed by atoms with Crippen LogP contribution >= 0.6 is 23.1 Å². The first-order valence-electron chi connectivity index (χ1n) is 5.69. The number of ketones is 1. The average molecular weight is 316 g/mol. The Morgan fingerprint density at radius 3 is 2.55 bits per heavy atom. The Morgan fingerprint density at radius 1 is 1.25 bits per heavy atom. The van der Waals surface area contributed by atoms with Crippen LogP contribution in [-0.4, -0.2) is 12.0 Å². The van der Waals surface area contributed by atoms with Gasteiger partial charge in [0.1, 0.15) is 0 Å². The van der Waals surface area contributed by atoms with Crippen LogP contribution in [0.4, 0.5) is 13.2 Å². The van der Waals surface area contributed by atoms with Crippen molar-refractivity contribution in [2.24, 2.45) is 0 Å². The molecule has 1 nitrogen and oxygen atoms in total. The third kappa shape index (κ3) is 3.07. The number of carbonyl (C=O) groups excluding carboxylic acids is 1. The zero-order valence-electron chi connectivity index (χ0n) is 10.7. The smallest absolute Gasteiger partial charge is 0.289 e. The highest BCUT2D eigenvalue weighted by Gasteiger charge is 2.31. The van der Waals surface area contributed by atoms with E-state index in [0.717, 1.165) is 21.2 Å². The summed E-state index contributed by atoms with van der Waals surface area (Å²) in [6.45, 7) is 1.87. The van der Waals surface area contributed by atoms with E-state index in [9.17, 15) is 18.0 Å². The Morgan fingerprint density at radius 2 is 1.95 bits per heavy atom. The molecule has 0 saturated carbocycles. The van der Waals surface area contributed by atoms with Gasteiger partial charge in [-0.1, -0.05) is 12.1 Å².